The number of piperidine rings is 1. The van der Waals surface area contributed by atoms with Gasteiger partial charge in [0.1, 0.15) is 6.17 Å². The van der Waals surface area contributed by atoms with Crippen LogP contribution >= 0.6 is 0 Å². The molecule has 1 aromatic carbocycles. The second-order valence-electron chi connectivity index (χ2n) is 8.04. The molecule has 3 N–H and O–H groups in total. The topological polar surface area (TPSA) is 106 Å². The number of nitriles is 1. The van der Waals surface area contributed by atoms with E-state index in [0.717, 1.165) is 36.3 Å². The van der Waals surface area contributed by atoms with Crippen molar-refractivity contribution < 1.29 is 9.21 Å². The fourth-order valence-electron chi connectivity index (χ4n) is 4.64. The second-order valence-corrected chi connectivity index (χ2v) is 8.04. The predicted octanol–water partition coefficient (Wildman–Crippen LogP) is 2.10. The van der Waals surface area contributed by atoms with Crippen molar-refractivity contribution in [3.8, 4) is 17.4 Å². The first-order valence-corrected chi connectivity index (χ1v) is 10.2. The Morgan fingerprint density at radius 2 is 2.14 bits per heavy atom. The Kier molecular flexibility index (Phi) is 4.70. The molecule has 3 heterocycles. The average molecular weight is 392 g/mol. The summed E-state index contributed by atoms with van der Waals surface area (Å²) < 4.78 is 5.34. The lowest BCUT2D eigenvalue weighted by Crippen LogP contribution is -2.52. The fourth-order valence-corrected chi connectivity index (χ4v) is 4.64. The molecule has 2 aromatic rings. The summed E-state index contributed by atoms with van der Waals surface area (Å²) >= 11 is 0. The number of amides is 1. The fraction of sp³-hybridized carbons (Fsp3) is 0.476. The Morgan fingerprint density at radius 1 is 1.31 bits per heavy atom. The van der Waals surface area contributed by atoms with Crippen LogP contribution in [0.15, 0.2) is 41.3 Å². The number of aromatic nitrogens is 1. The Morgan fingerprint density at radius 3 is 2.83 bits per heavy atom. The number of oxazole rings is 1. The molecule has 0 bridgehead atoms. The van der Waals surface area contributed by atoms with E-state index in [9.17, 15) is 10.1 Å². The van der Waals surface area contributed by atoms with Gasteiger partial charge >= 0.3 is 0 Å². The maximum Gasteiger partial charge on any atom is 0.228 e. The van der Waals surface area contributed by atoms with Crippen molar-refractivity contribution >= 4 is 11.6 Å². The molecule has 1 aromatic heterocycles. The minimum Gasteiger partial charge on any atom is -0.444 e. The first-order chi connectivity index (χ1) is 14.2. The minimum absolute atomic E-state index is 0.0681. The van der Waals surface area contributed by atoms with Gasteiger partial charge in [-0.1, -0.05) is 0 Å². The van der Waals surface area contributed by atoms with E-state index in [2.05, 4.69) is 32.1 Å². The lowest BCUT2D eigenvalue weighted by atomic mass is 9.90. The molecule has 2 aliphatic heterocycles. The van der Waals surface area contributed by atoms with E-state index in [4.69, 9.17) is 4.42 Å². The third-order valence-corrected chi connectivity index (χ3v) is 6.21. The van der Waals surface area contributed by atoms with Gasteiger partial charge in [-0.3, -0.25) is 4.79 Å². The molecule has 4 atom stereocenters. The highest BCUT2D eigenvalue weighted by molar-refractivity contribution is 5.82. The molecular weight excluding hydrogens is 368 g/mol. The largest absolute Gasteiger partial charge is 0.444 e. The van der Waals surface area contributed by atoms with Crippen molar-refractivity contribution in [1.29, 1.82) is 5.26 Å². The molecule has 5 rings (SSSR count). The van der Waals surface area contributed by atoms with E-state index in [1.165, 1.54) is 6.39 Å². The summed E-state index contributed by atoms with van der Waals surface area (Å²) in [4.78, 5) is 16.6. The van der Waals surface area contributed by atoms with E-state index in [1.807, 2.05) is 24.3 Å². The molecule has 8 nitrogen and oxygen atoms in total. The first kappa shape index (κ1) is 18.2. The molecule has 3 aliphatic rings. The highest BCUT2D eigenvalue weighted by atomic mass is 16.3. The minimum atomic E-state index is -0.212. The summed E-state index contributed by atoms with van der Waals surface area (Å²) in [6.07, 6.45) is 6.59. The van der Waals surface area contributed by atoms with E-state index in [0.29, 0.717) is 18.9 Å². The Balaban J connectivity index is 1.36. The lowest BCUT2D eigenvalue weighted by molar-refractivity contribution is -0.128. The van der Waals surface area contributed by atoms with Crippen LogP contribution in [0.2, 0.25) is 0 Å². The molecular formula is C21H24N6O2. The molecule has 29 heavy (non-hydrogen) atoms. The highest BCUT2D eigenvalue weighted by Gasteiger charge is 2.51. The monoisotopic (exact) mass is 392 g/mol. The summed E-state index contributed by atoms with van der Waals surface area (Å²) in [6, 6.07) is 10.5. The van der Waals surface area contributed by atoms with Crippen LogP contribution in [0, 0.1) is 23.2 Å². The SMILES string of the molecule is N#CC[C@@H](C1CC1)N1NC(Nc2ccc(-c3cnco3)cc2)C2C(=O)NCCC21. The van der Waals surface area contributed by atoms with Gasteiger partial charge in [0, 0.05) is 29.9 Å². The summed E-state index contributed by atoms with van der Waals surface area (Å²) in [5.74, 6) is 1.14. The Bertz CT molecular complexity index is 902. The molecule has 0 spiro atoms. The van der Waals surface area contributed by atoms with Crippen molar-refractivity contribution in [3.63, 3.8) is 0 Å². The van der Waals surface area contributed by atoms with E-state index in [1.54, 1.807) is 6.20 Å². The van der Waals surface area contributed by atoms with Crippen molar-refractivity contribution in [2.45, 2.75) is 43.9 Å². The summed E-state index contributed by atoms with van der Waals surface area (Å²) in [6.45, 7) is 0.681. The second kappa shape index (κ2) is 7.50. The zero-order chi connectivity index (χ0) is 19.8. The first-order valence-electron chi connectivity index (χ1n) is 10.2. The van der Waals surface area contributed by atoms with Crippen LogP contribution in [0.4, 0.5) is 5.69 Å². The van der Waals surface area contributed by atoms with Crippen molar-refractivity contribution in [1.82, 2.24) is 20.7 Å². The molecule has 1 aliphatic carbocycles. The third-order valence-electron chi connectivity index (χ3n) is 6.21. The number of carbonyl (C=O) groups excluding carboxylic acids is 1. The van der Waals surface area contributed by atoms with Gasteiger partial charge in [0.2, 0.25) is 5.91 Å². The van der Waals surface area contributed by atoms with Crippen LogP contribution in [-0.4, -0.2) is 40.7 Å². The number of nitrogens with zero attached hydrogens (tertiary/aromatic N) is 3. The number of carbonyl (C=O) groups is 1. The molecule has 1 amide bonds. The maximum atomic E-state index is 12.7. The maximum absolute atomic E-state index is 12.7. The molecule has 3 fully saturated rings. The van der Waals surface area contributed by atoms with Crippen LogP contribution in [0.3, 0.4) is 0 Å². The molecule has 1 saturated carbocycles. The van der Waals surface area contributed by atoms with Crippen molar-refractivity contribution in [2.75, 3.05) is 11.9 Å². The van der Waals surface area contributed by atoms with E-state index < -0.39 is 0 Å². The molecule has 0 radical (unpaired) electrons. The van der Waals surface area contributed by atoms with Gasteiger partial charge in [0.15, 0.2) is 12.2 Å². The zero-order valence-electron chi connectivity index (χ0n) is 16.0. The number of hydrogen-bond donors (Lipinski definition) is 3. The quantitative estimate of drug-likeness (QED) is 0.691. The standard InChI is InChI=1S/C21H24N6O2/c22-9-7-16(13-1-2-13)27-17-8-10-24-21(28)19(17)20(26-27)25-15-5-3-14(4-6-15)18-11-23-12-29-18/h3-6,11-13,16-17,19-20,25-26H,1-2,7-8,10H2,(H,24,28)/t16-,17?,19?,20?/m0/s1. The van der Waals surface area contributed by atoms with Gasteiger partial charge in [0.05, 0.1) is 24.6 Å². The number of benzene rings is 1. The van der Waals surface area contributed by atoms with Gasteiger partial charge in [-0.2, -0.15) is 5.26 Å². The number of nitrogens with one attached hydrogen (secondary N) is 3. The zero-order valence-corrected chi connectivity index (χ0v) is 16.0. The van der Waals surface area contributed by atoms with Crippen LogP contribution in [0.5, 0.6) is 0 Å². The van der Waals surface area contributed by atoms with Gasteiger partial charge in [-0.25, -0.2) is 15.4 Å². The van der Waals surface area contributed by atoms with Gasteiger partial charge < -0.3 is 15.1 Å². The summed E-state index contributed by atoms with van der Waals surface area (Å²) in [5, 5.41) is 18.0. The summed E-state index contributed by atoms with van der Waals surface area (Å²) in [7, 11) is 0. The Hall–Kier alpha value is -2.89. The lowest BCUT2D eigenvalue weighted by Gasteiger charge is -2.34. The number of anilines is 1. The molecule has 150 valence electrons. The van der Waals surface area contributed by atoms with Gasteiger partial charge in [-0.05, 0) is 49.4 Å². The Labute approximate surface area is 169 Å². The van der Waals surface area contributed by atoms with E-state index >= 15 is 0 Å². The third kappa shape index (κ3) is 3.48. The van der Waals surface area contributed by atoms with Crippen LogP contribution in [0.25, 0.3) is 11.3 Å². The predicted molar refractivity (Wildman–Crippen MR) is 106 cm³/mol. The molecule has 8 heteroatoms. The highest BCUT2D eigenvalue weighted by Crippen LogP contribution is 2.41. The normalized spacial score (nSPS) is 27.7. The van der Waals surface area contributed by atoms with Gasteiger partial charge in [-0.15, -0.1) is 0 Å². The average Bonchev–Trinajstić information content (AvgIpc) is 3.29. The van der Waals surface area contributed by atoms with Crippen LogP contribution in [-0.2, 0) is 4.79 Å². The molecule has 3 unspecified atom stereocenters. The van der Waals surface area contributed by atoms with Crippen LogP contribution < -0.4 is 16.1 Å². The number of hydrazine groups is 1. The molecule has 2 saturated heterocycles. The number of hydrogen-bond acceptors (Lipinski definition) is 7. The number of fused-ring (bicyclic) bond motifs is 1. The summed E-state index contributed by atoms with van der Waals surface area (Å²) in [5.41, 5.74) is 5.42. The number of rotatable bonds is 6. The van der Waals surface area contributed by atoms with Crippen LogP contribution in [0.1, 0.15) is 25.7 Å². The smallest absolute Gasteiger partial charge is 0.228 e. The van der Waals surface area contributed by atoms with Crippen molar-refractivity contribution in [3.05, 3.63) is 36.9 Å². The van der Waals surface area contributed by atoms with Gasteiger partial charge in [0.25, 0.3) is 0 Å². The van der Waals surface area contributed by atoms with E-state index in [-0.39, 0.29) is 30.1 Å². The van der Waals surface area contributed by atoms with Crippen molar-refractivity contribution in [2.24, 2.45) is 11.8 Å².